The number of hydrogen-bond acceptors (Lipinski definition) is 1. The van der Waals surface area contributed by atoms with Gasteiger partial charge in [0.1, 0.15) is 0 Å². The summed E-state index contributed by atoms with van der Waals surface area (Å²) < 4.78 is 0. The van der Waals surface area contributed by atoms with Gasteiger partial charge < -0.3 is 4.90 Å². The predicted molar refractivity (Wildman–Crippen MR) is 218 cm³/mol. The SMILES string of the molecule is c1ccc(-c2ccc(-c3ccc(N(c4ccc(-c5ccc6ccccc6c5)cc4)c4ccc(-c5cccc6ccccc56)cc4)cc3)cc2)cc1. The summed E-state index contributed by atoms with van der Waals surface area (Å²) in [7, 11) is 0. The van der Waals surface area contributed by atoms with Gasteiger partial charge in [0, 0.05) is 17.1 Å². The molecule has 0 unspecified atom stereocenters. The molecule has 0 amide bonds. The lowest BCUT2D eigenvalue weighted by atomic mass is 9.98. The van der Waals surface area contributed by atoms with Gasteiger partial charge in [-0.15, -0.1) is 0 Å². The van der Waals surface area contributed by atoms with Crippen molar-refractivity contribution in [3.63, 3.8) is 0 Å². The minimum Gasteiger partial charge on any atom is -0.311 e. The minimum atomic E-state index is 1.11. The fraction of sp³-hybridized carbons (Fsp3) is 0. The van der Waals surface area contributed by atoms with E-state index in [9.17, 15) is 0 Å². The lowest BCUT2D eigenvalue weighted by Crippen LogP contribution is -2.09. The maximum absolute atomic E-state index is 2.35. The summed E-state index contributed by atoms with van der Waals surface area (Å²) in [4.78, 5) is 2.35. The van der Waals surface area contributed by atoms with E-state index in [0.29, 0.717) is 0 Å². The van der Waals surface area contributed by atoms with Gasteiger partial charge in [0.05, 0.1) is 0 Å². The van der Waals surface area contributed by atoms with E-state index in [-0.39, 0.29) is 0 Å². The molecule has 0 aliphatic carbocycles. The fourth-order valence-corrected chi connectivity index (χ4v) is 7.17. The van der Waals surface area contributed by atoms with Gasteiger partial charge >= 0.3 is 0 Å². The Bertz CT molecular complexity index is 2580. The number of benzene rings is 9. The third-order valence-electron chi connectivity index (χ3n) is 9.89. The van der Waals surface area contributed by atoms with Crippen molar-refractivity contribution in [2.45, 2.75) is 0 Å². The maximum Gasteiger partial charge on any atom is 0.0462 e. The Balaban J connectivity index is 1.07. The van der Waals surface area contributed by atoms with Crippen LogP contribution in [0.1, 0.15) is 0 Å². The van der Waals surface area contributed by atoms with Gasteiger partial charge in [0.15, 0.2) is 0 Å². The lowest BCUT2D eigenvalue weighted by molar-refractivity contribution is 1.28. The second kappa shape index (κ2) is 13.3. The average molecular weight is 650 g/mol. The summed E-state index contributed by atoms with van der Waals surface area (Å²) in [5.74, 6) is 0. The molecular weight excluding hydrogens is 615 g/mol. The molecule has 0 aliphatic heterocycles. The molecule has 240 valence electrons. The zero-order chi connectivity index (χ0) is 34.0. The molecule has 0 bridgehead atoms. The highest BCUT2D eigenvalue weighted by Crippen LogP contribution is 2.39. The Morgan fingerprint density at radius 2 is 0.647 bits per heavy atom. The van der Waals surface area contributed by atoms with Crippen LogP contribution in [0.25, 0.3) is 66.1 Å². The zero-order valence-corrected chi connectivity index (χ0v) is 28.2. The average Bonchev–Trinajstić information content (AvgIpc) is 3.22. The molecule has 0 fully saturated rings. The van der Waals surface area contributed by atoms with Gasteiger partial charge in [-0.25, -0.2) is 0 Å². The Hall–Kier alpha value is -6.70. The number of fused-ring (bicyclic) bond motifs is 2. The summed E-state index contributed by atoms with van der Waals surface area (Å²) in [6.45, 7) is 0. The van der Waals surface area contributed by atoms with Crippen LogP contribution in [-0.2, 0) is 0 Å². The second-order valence-electron chi connectivity index (χ2n) is 13.0. The van der Waals surface area contributed by atoms with Crippen molar-refractivity contribution in [1.29, 1.82) is 0 Å². The van der Waals surface area contributed by atoms with Crippen molar-refractivity contribution in [1.82, 2.24) is 0 Å². The van der Waals surface area contributed by atoms with Crippen LogP contribution < -0.4 is 4.90 Å². The summed E-state index contributed by atoms with van der Waals surface area (Å²) in [6.07, 6.45) is 0. The van der Waals surface area contributed by atoms with Crippen molar-refractivity contribution in [2.75, 3.05) is 4.90 Å². The fourth-order valence-electron chi connectivity index (χ4n) is 7.17. The molecule has 1 nitrogen and oxygen atoms in total. The summed E-state index contributed by atoms with van der Waals surface area (Å²) >= 11 is 0. The summed E-state index contributed by atoms with van der Waals surface area (Å²) in [6, 6.07) is 76.6. The van der Waals surface area contributed by atoms with E-state index in [1.54, 1.807) is 0 Å². The summed E-state index contributed by atoms with van der Waals surface area (Å²) in [5, 5.41) is 5.02. The molecule has 9 aromatic rings. The smallest absolute Gasteiger partial charge is 0.0462 e. The second-order valence-corrected chi connectivity index (χ2v) is 13.0. The van der Waals surface area contributed by atoms with Crippen LogP contribution in [0.3, 0.4) is 0 Å². The van der Waals surface area contributed by atoms with Crippen molar-refractivity contribution in [3.05, 3.63) is 212 Å². The van der Waals surface area contributed by atoms with E-state index < -0.39 is 0 Å². The van der Waals surface area contributed by atoms with Crippen molar-refractivity contribution in [3.8, 4) is 44.5 Å². The van der Waals surface area contributed by atoms with Crippen LogP contribution in [0.15, 0.2) is 212 Å². The van der Waals surface area contributed by atoms with Crippen molar-refractivity contribution >= 4 is 38.6 Å². The Morgan fingerprint density at radius 3 is 1.25 bits per heavy atom. The Morgan fingerprint density at radius 1 is 0.235 bits per heavy atom. The van der Waals surface area contributed by atoms with Gasteiger partial charge in [-0.1, -0.05) is 170 Å². The van der Waals surface area contributed by atoms with Crippen LogP contribution >= 0.6 is 0 Å². The topological polar surface area (TPSA) is 3.24 Å². The molecule has 1 heteroatoms. The van der Waals surface area contributed by atoms with E-state index in [2.05, 4.69) is 217 Å². The quantitative estimate of drug-likeness (QED) is 0.166. The highest BCUT2D eigenvalue weighted by atomic mass is 15.1. The third-order valence-corrected chi connectivity index (χ3v) is 9.89. The number of anilines is 3. The minimum absolute atomic E-state index is 1.11. The molecule has 0 atom stereocenters. The largest absolute Gasteiger partial charge is 0.311 e. The van der Waals surface area contributed by atoms with Gasteiger partial charge in [0.25, 0.3) is 0 Å². The first-order valence-corrected chi connectivity index (χ1v) is 17.5. The van der Waals surface area contributed by atoms with E-state index in [0.717, 1.165) is 17.1 Å². The van der Waals surface area contributed by atoms with E-state index in [1.165, 1.54) is 66.1 Å². The lowest BCUT2D eigenvalue weighted by Gasteiger charge is -2.26. The molecule has 0 heterocycles. The van der Waals surface area contributed by atoms with Crippen LogP contribution in [-0.4, -0.2) is 0 Å². The Labute approximate surface area is 299 Å². The molecule has 0 N–H and O–H groups in total. The third kappa shape index (κ3) is 6.07. The molecule has 0 spiro atoms. The molecule has 0 radical (unpaired) electrons. The number of rotatable bonds is 7. The maximum atomic E-state index is 2.35. The first-order chi connectivity index (χ1) is 25.3. The van der Waals surface area contributed by atoms with E-state index in [1.807, 2.05) is 0 Å². The first kappa shape index (κ1) is 30.4. The molecule has 0 saturated heterocycles. The molecule has 0 aromatic heterocycles. The molecule has 51 heavy (non-hydrogen) atoms. The molecule has 9 rings (SSSR count). The first-order valence-electron chi connectivity index (χ1n) is 17.5. The summed E-state index contributed by atoms with van der Waals surface area (Å²) in [5.41, 5.74) is 13.0. The van der Waals surface area contributed by atoms with E-state index >= 15 is 0 Å². The highest BCUT2D eigenvalue weighted by molar-refractivity contribution is 5.97. The van der Waals surface area contributed by atoms with Crippen LogP contribution in [0.5, 0.6) is 0 Å². The van der Waals surface area contributed by atoms with Gasteiger partial charge in [-0.3, -0.25) is 0 Å². The van der Waals surface area contributed by atoms with Gasteiger partial charge in [-0.05, 0) is 109 Å². The Kier molecular flexibility index (Phi) is 7.92. The molecular formula is C50H35N. The number of nitrogens with zero attached hydrogens (tertiary/aromatic N) is 1. The molecule has 0 aliphatic rings. The van der Waals surface area contributed by atoms with Gasteiger partial charge in [-0.2, -0.15) is 0 Å². The molecule has 9 aromatic carbocycles. The zero-order valence-electron chi connectivity index (χ0n) is 28.2. The predicted octanol–water partition coefficient (Wildman–Crippen LogP) is 14.1. The van der Waals surface area contributed by atoms with Gasteiger partial charge in [0.2, 0.25) is 0 Å². The van der Waals surface area contributed by atoms with E-state index in [4.69, 9.17) is 0 Å². The normalized spacial score (nSPS) is 11.1. The number of hydrogen-bond donors (Lipinski definition) is 0. The molecule has 0 saturated carbocycles. The van der Waals surface area contributed by atoms with Crippen LogP contribution in [0.4, 0.5) is 17.1 Å². The monoisotopic (exact) mass is 649 g/mol. The van der Waals surface area contributed by atoms with Crippen molar-refractivity contribution in [2.24, 2.45) is 0 Å². The van der Waals surface area contributed by atoms with Crippen LogP contribution in [0.2, 0.25) is 0 Å². The van der Waals surface area contributed by atoms with Crippen LogP contribution in [0, 0.1) is 0 Å². The van der Waals surface area contributed by atoms with Crippen molar-refractivity contribution < 1.29 is 0 Å². The standard InChI is InChI=1S/C50H35N/c1-2-9-36(10-3-1)38-17-19-39(20-18-38)40-23-29-46(30-24-40)51(47-31-25-41(26-32-47)45-22-21-37-11-4-5-13-44(37)35-45)48-33-27-43(28-34-48)50-16-8-14-42-12-6-7-15-49(42)50/h1-35H. The highest BCUT2D eigenvalue weighted by Gasteiger charge is 2.14.